The summed E-state index contributed by atoms with van der Waals surface area (Å²) >= 11 is 0. The van der Waals surface area contributed by atoms with Crippen LogP contribution in [0.25, 0.3) is 0 Å². The van der Waals surface area contributed by atoms with Gasteiger partial charge in [0.05, 0.1) is 24.8 Å². The Kier molecular flexibility index (Phi) is 11.3. The number of nitrogens with one attached hydrogen (secondary N) is 1. The predicted molar refractivity (Wildman–Crippen MR) is 184 cm³/mol. The van der Waals surface area contributed by atoms with Crippen molar-refractivity contribution in [3.8, 4) is 11.5 Å². The molecule has 2 amide bonds. The minimum absolute atomic E-state index is 0.00515. The zero-order chi connectivity index (χ0) is 34.2. The smallest absolute Gasteiger partial charge is 0.264 e. The fourth-order valence-corrected chi connectivity index (χ4v) is 6.64. The summed E-state index contributed by atoms with van der Waals surface area (Å²) in [5.41, 5.74) is 2.16. The van der Waals surface area contributed by atoms with Crippen LogP contribution in [0.5, 0.6) is 11.5 Å². The Balaban J connectivity index is 1.88. The molecule has 0 saturated carbocycles. The number of nitrogens with zero attached hydrogens (tertiary/aromatic N) is 2. The molecule has 0 radical (unpaired) electrons. The maximum atomic E-state index is 14.7. The summed E-state index contributed by atoms with van der Waals surface area (Å²) in [6.45, 7) is 7.03. The standard InChI is InChI=1S/C37H43N3O6S/c1-27-15-13-14-18-29(27)25-39(33(36(42)38-37(2,3)4)23-28-16-9-7-10-17-28)35(41)26-40(47(43,44)31-19-11-8-12-20-31)32-24-30(45-5)21-22-34(32)46-6/h7-22,24,33H,23,25-26H2,1-6H3,(H,38,42). The molecular formula is C37H43N3O6S. The molecule has 1 N–H and O–H groups in total. The Morgan fingerprint density at radius 2 is 1.45 bits per heavy atom. The van der Waals surface area contributed by atoms with Crippen LogP contribution in [-0.2, 0) is 32.6 Å². The molecular weight excluding hydrogens is 614 g/mol. The lowest BCUT2D eigenvalue weighted by molar-refractivity contribution is -0.140. The second-order valence-corrected chi connectivity index (χ2v) is 14.1. The number of amides is 2. The van der Waals surface area contributed by atoms with Crippen molar-refractivity contribution in [2.24, 2.45) is 0 Å². The highest BCUT2D eigenvalue weighted by Crippen LogP contribution is 2.36. The molecule has 0 aliphatic carbocycles. The summed E-state index contributed by atoms with van der Waals surface area (Å²) in [4.78, 5) is 30.3. The molecule has 10 heteroatoms. The Bertz CT molecular complexity index is 1770. The quantitative estimate of drug-likeness (QED) is 0.196. The van der Waals surface area contributed by atoms with Crippen LogP contribution in [0.4, 0.5) is 5.69 Å². The Hall–Kier alpha value is -4.83. The summed E-state index contributed by atoms with van der Waals surface area (Å²) in [5.74, 6) is -0.304. The Morgan fingerprint density at radius 1 is 0.830 bits per heavy atom. The Morgan fingerprint density at radius 3 is 2.04 bits per heavy atom. The molecule has 4 rings (SSSR count). The summed E-state index contributed by atoms with van der Waals surface area (Å²) < 4.78 is 40.7. The molecule has 4 aromatic carbocycles. The van der Waals surface area contributed by atoms with Crippen molar-refractivity contribution in [3.63, 3.8) is 0 Å². The number of benzene rings is 4. The van der Waals surface area contributed by atoms with E-state index in [9.17, 15) is 18.0 Å². The molecule has 0 saturated heterocycles. The third-order valence-electron chi connectivity index (χ3n) is 7.64. The molecule has 248 valence electrons. The lowest BCUT2D eigenvalue weighted by Crippen LogP contribution is -2.56. The van der Waals surface area contributed by atoms with Crippen LogP contribution in [0.2, 0.25) is 0 Å². The first-order valence-corrected chi connectivity index (χ1v) is 16.8. The minimum atomic E-state index is -4.31. The zero-order valence-electron chi connectivity index (χ0n) is 27.8. The number of hydrogen-bond donors (Lipinski definition) is 1. The Labute approximate surface area is 278 Å². The van der Waals surface area contributed by atoms with E-state index in [1.54, 1.807) is 30.3 Å². The van der Waals surface area contributed by atoms with Gasteiger partial charge < -0.3 is 19.7 Å². The van der Waals surface area contributed by atoms with Crippen LogP contribution in [0.15, 0.2) is 108 Å². The van der Waals surface area contributed by atoms with Crippen molar-refractivity contribution in [2.45, 2.75) is 57.1 Å². The highest BCUT2D eigenvalue weighted by atomic mass is 32.2. The first-order valence-electron chi connectivity index (χ1n) is 15.3. The zero-order valence-corrected chi connectivity index (χ0v) is 28.6. The molecule has 0 aliphatic heterocycles. The van der Waals surface area contributed by atoms with E-state index in [-0.39, 0.29) is 35.2 Å². The number of carbonyl (C=O) groups is 2. The van der Waals surface area contributed by atoms with Gasteiger partial charge in [-0.15, -0.1) is 0 Å². The fourth-order valence-electron chi connectivity index (χ4n) is 5.20. The van der Waals surface area contributed by atoms with Gasteiger partial charge in [-0.05, 0) is 68.7 Å². The van der Waals surface area contributed by atoms with Gasteiger partial charge >= 0.3 is 0 Å². The highest BCUT2D eigenvalue weighted by Gasteiger charge is 2.36. The summed E-state index contributed by atoms with van der Waals surface area (Å²) in [5, 5.41) is 3.05. The number of aryl methyl sites for hydroxylation is 1. The molecule has 4 aromatic rings. The van der Waals surface area contributed by atoms with Gasteiger partial charge in [-0.25, -0.2) is 8.42 Å². The van der Waals surface area contributed by atoms with Crippen molar-refractivity contribution in [1.29, 1.82) is 0 Å². The topological polar surface area (TPSA) is 105 Å². The fraction of sp³-hybridized carbons (Fsp3) is 0.297. The number of rotatable bonds is 13. The lowest BCUT2D eigenvalue weighted by Gasteiger charge is -2.35. The number of carbonyl (C=O) groups excluding carboxylic acids is 2. The van der Waals surface area contributed by atoms with Crippen LogP contribution in [-0.4, -0.2) is 57.5 Å². The molecule has 1 unspecified atom stereocenters. The normalized spacial score (nSPS) is 12.1. The maximum Gasteiger partial charge on any atom is 0.264 e. The van der Waals surface area contributed by atoms with Crippen molar-refractivity contribution in [3.05, 3.63) is 120 Å². The van der Waals surface area contributed by atoms with Gasteiger partial charge in [0, 0.05) is 24.6 Å². The van der Waals surface area contributed by atoms with E-state index in [2.05, 4.69) is 5.32 Å². The van der Waals surface area contributed by atoms with Crippen LogP contribution in [0.3, 0.4) is 0 Å². The number of sulfonamides is 1. The third kappa shape index (κ3) is 8.92. The monoisotopic (exact) mass is 657 g/mol. The van der Waals surface area contributed by atoms with Crippen molar-refractivity contribution < 1.29 is 27.5 Å². The van der Waals surface area contributed by atoms with E-state index in [1.165, 1.54) is 37.3 Å². The van der Waals surface area contributed by atoms with Gasteiger partial charge in [0.1, 0.15) is 24.1 Å². The second kappa shape index (κ2) is 15.2. The average Bonchev–Trinajstić information content (AvgIpc) is 3.05. The number of hydrogen-bond acceptors (Lipinski definition) is 6. The molecule has 0 fully saturated rings. The average molecular weight is 658 g/mol. The first kappa shape index (κ1) is 35.0. The molecule has 1 atom stereocenters. The predicted octanol–water partition coefficient (Wildman–Crippen LogP) is 5.76. The molecule has 0 aromatic heterocycles. The van der Waals surface area contributed by atoms with Gasteiger partial charge in [0.15, 0.2) is 0 Å². The molecule has 9 nitrogen and oxygen atoms in total. The van der Waals surface area contributed by atoms with E-state index in [4.69, 9.17) is 9.47 Å². The van der Waals surface area contributed by atoms with E-state index >= 15 is 0 Å². The third-order valence-corrected chi connectivity index (χ3v) is 9.41. The van der Waals surface area contributed by atoms with E-state index < -0.39 is 34.1 Å². The van der Waals surface area contributed by atoms with Crippen LogP contribution >= 0.6 is 0 Å². The van der Waals surface area contributed by atoms with Gasteiger partial charge in [0.2, 0.25) is 11.8 Å². The van der Waals surface area contributed by atoms with Crippen molar-refractivity contribution in [1.82, 2.24) is 10.2 Å². The SMILES string of the molecule is COc1ccc(OC)c(N(CC(=O)N(Cc2ccccc2C)C(Cc2ccccc2)C(=O)NC(C)(C)C)S(=O)(=O)c2ccccc2)c1. The summed E-state index contributed by atoms with van der Waals surface area (Å²) in [7, 11) is -1.41. The van der Waals surface area contributed by atoms with Crippen molar-refractivity contribution in [2.75, 3.05) is 25.1 Å². The molecule has 0 aliphatic rings. The number of ether oxygens (including phenoxy) is 2. The lowest BCUT2D eigenvalue weighted by atomic mass is 10.00. The highest BCUT2D eigenvalue weighted by molar-refractivity contribution is 7.92. The summed E-state index contributed by atoms with van der Waals surface area (Å²) in [6.07, 6.45) is 0.217. The maximum absolute atomic E-state index is 14.7. The second-order valence-electron chi connectivity index (χ2n) is 12.3. The number of anilines is 1. The van der Waals surface area contributed by atoms with Crippen LogP contribution < -0.4 is 19.1 Å². The van der Waals surface area contributed by atoms with Crippen LogP contribution in [0.1, 0.15) is 37.5 Å². The molecule has 47 heavy (non-hydrogen) atoms. The molecule has 0 spiro atoms. The van der Waals surface area contributed by atoms with Crippen molar-refractivity contribution >= 4 is 27.5 Å². The van der Waals surface area contributed by atoms with Crippen LogP contribution in [0, 0.1) is 6.92 Å². The minimum Gasteiger partial charge on any atom is -0.497 e. The number of methoxy groups -OCH3 is 2. The summed E-state index contributed by atoms with van der Waals surface area (Å²) in [6, 6.07) is 28.8. The van der Waals surface area contributed by atoms with Gasteiger partial charge in [-0.3, -0.25) is 13.9 Å². The first-order chi connectivity index (χ1) is 22.3. The molecule has 0 bridgehead atoms. The molecule has 0 heterocycles. The van der Waals surface area contributed by atoms with Gasteiger partial charge in [-0.1, -0.05) is 72.8 Å². The van der Waals surface area contributed by atoms with Gasteiger partial charge in [-0.2, -0.15) is 0 Å². The van der Waals surface area contributed by atoms with E-state index in [0.717, 1.165) is 21.0 Å². The largest absolute Gasteiger partial charge is 0.497 e. The van der Waals surface area contributed by atoms with E-state index in [1.807, 2.05) is 82.3 Å². The van der Waals surface area contributed by atoms with Gasteiger partial charge in [0.25, 0.3) is 10.0 Å². The van der Waals surface area contributed by atoms with E-state index in [0.29, 0.717) is 5.75 Å².